The van der Waals surface area contributed by atoms with Crippen LogP contribution in [0.15, 0.2) is 59.6 Å². The van der Waals surface area contributed by atoms with Gasteiger partial charge in [0.15, 0.2) is 0 Å². The second kappa shape index (κ2) is 6.42. The van der Waals surface area contributed by atoms with Crippen molar-refractivity contribution in [3.8, 4) is 0 Å². The summed E-state index contributed by atoms with van der Waals surface area (Å²) in [6.45, 7) is 0.242. The number of aromatic amines is 1. The molecule has 1 aromatic heterocycles. The summed E-state index contributed by atoms with van der Waals surface area (Å²) in [4.78, 5) is 13.2. The fraction of sp³-hybridized carbons (Fsp3) is 0.125. The zero-order valence-electron chi connectivity index (χ0n) is 12.6. The maximum atomic E-state index is 12.2. The van der Waals surface area contributed by atoms with Gasteiger partial charge in [-0.1, -0.05) is 12.1 Å². The summed E-state index contributed by atoms with van der Waals surface area (Å²) in [7, 11) is -3.68. The summed E-state index contributed by atoms with van der Waals surface area (Å²) < 4.78 is 26.9. The van der Waals surface area contributed by atoms with Crippen LogP contribution in [0.3, 0.4) is 0 Å². The number of fused-ring (bicyclic) bond motifs is 1. The number of nitrogens with zero attached hydrogens (tertiary/aromatic N) is 1. The third-order valence-electron chi connectivity index (χ3n) is 3.68. The van der Waals surface area contributed by atoms with Crippen LogP contribution >= 0.6 is 0 Å². The van der Waals surface area contributed by atoms with Crippen molar-refractivity contribution in [2.75, 3.05) is 6.54 Å². The normalized spacial score (nSPS) is 11.7. The minimum absolute atomic E-state index is 0.00733. The second-order valence-corrected chi connectivity index (χ2v) is 7.07. The van der Waals surface area contributed by atoms with Gasteiger partial charge in [-0.05, 0) is 41.6 Å². The lowest BCUT2D eigenvalue weighted by Crippen LogP contribution is -2.26. The number of benzene rings is 2. The predicted octanol–water partition coefficient (Wildman–Crippen LogP) is 2.60. The third kappa shape index (κ3) is 3.44. The Hall–Kier alpha value is -2.71. The number of nitro benzene ring substituents is 1. The van der Waals surface area contributed by atoms with E-state index < -0.39 is 14.9 Å². The van der Waals surface area contributed by atoms with Crippen LogP contribution < -0.4 is 4.72 Å². The number of sulfonamides is 1. The third-order valence-corrected chi connectivity index (χ3v) is 5.16. The first-order valence-corrected chi connectivity index (χ1v) is 8.74. The van der Waals surface area contributed by atoms with Crippen molar-refractivity contribution in [2.24, 2.45) is 0 Å². The van der Waals surface area contributed by atoms with Crippen LogP contribution in [0.2, 0.25) is 0 Å². The fourth-order valence-corrected chi connectivity index (χ4v) is 3.44. The SMILES string of the molecule is O=[N+]([O-])c1ccc(S(=O)(=O)NCCc2ccc3cc[nH]c3c2)cc1. The maximum Gasteiger partial charge on any atom is 0.269 e. The van der Waals surface area contributed by atoms with E-state index in [1.807, 2.05) is 30.5 Å². The highest BCUT2D eigenvalue weighted by Crippen LogP contribution is 2.16. The van der Waals surface area contributed by atoms with Crippen LogP contribution in [0.1, 0.15) is 5.56 Å². The van der Waals surface area contributed by atoms with Crippen molar-refractivity contribution >= 4 is 26.6 Å². The number of rotatable bonds is 6. The number of nitrogens with one attached hydrogen (secondary N) is 2. The monoisotopic (exact) mass is 345 g/mol. The molecule has 0 fully saturated rings. The van der Waals surface area contributed by atoms with Crippen LogP contribution in [-0.2, 0) is 16.4 Å². The molecule has 0 aliphatic carbocycles. The standard InChI is InChI=1S/C16H15N3O4S/c20-19(21)14-3-5-15(6-4-14)24(22,23)18-10-7-12-1-2-13-8-9-17-16(13)11-12/h1-6,8-9,11,17-18H,7,10H2. The van der Waals surface area contributed by atoms with Crippen LogP contribution in [-0.4, -0.2) is 24.9 Å². The molecule has 124 valence electrons. The number of non-ortho nitro benzene ring substituents is 1. The molecule has 0 aliphatic heterocycles. The molecule has 3 rings (SSSR count). The Morgan fingerprint density at radius 3 is 2.54 bits per heavy atom. The van der Waals surface area contributed by atoms with E-state index in [1.54, 1.807) is 0 Å². The molecule has 2 N–H and O–H groups in total. The summed E-state index contributed by atoms with van der Waals surface area (Å²) in [6, 6.07) is 12.7. The molecule has 0 radical (unpaired) electrons. The largest absolute Gasteiger partial charge is 0.361 e. The maximum absolute atomic E-state index is 12.2. The van der Waals surface area contributed by atoms with Gasteiger partial charge in [0.2, 0.25) is 10.0 Å². The average molecular weight is 345 g/mol. The number of H-pyrrole nitrogens is 1. The Balaban J connectivity index is 1.65. The molecule has 0 spiro atoms. The Bertz CT molecular complexity index is 978. The van der Waals surface area contributed by atoms with Crippen LogP contribution in [0.5, 0.6) is 0 Å². The van der Waals surface area contributed by atoms with Crippen LogP contribution in [0.4, 0.5) is 5.69 Å². The van der Waals surface area contributed by atoms with E-state index in [-0.39, 0.29) is 17.1 Å². The predicted molar refractivity (Wildman–Crippen MR) is 90.3 cm³/mol. The van der Waals surface area contributed by atoms with E-state index in [9.17, 15) is 18.5 Å². The van der Waals surface area contributed by atoms with E-state index in [1.165, 1.54) is 24.3 Å². The topological polar surface area (TPSA) is 105 Å². The molecule has 8 heteroatoms. The van der Waals surface area contributed by atoms with Gasteiger partial charge in [0.1, 0.15) is 0 Å². The molecule has 7 nitrogen and oxygen atoms in total. The molecule has 2 aromatic carbocycles. The Kier molecular flexibility index (Phi) is 4.32. The molecule has 0 aliphatic rings. The molecule has 0 saturated carbocycles. The highest BCUT2D eigenvalue weighted by atomic mass is 32.2. The summed E-state index contributed by atoms with van der Waals surface area (Å²) in [5.41, 5.74) is 1.87. The Labute approximate surface area is 138 Å². The van der Waals surface area contributed by atoms with E-state index in [0.29, 0.717) is 6.42 Å². The van der Waals surface area contributed by atoms with Gasteiger partial charge in [0, 0.05) is 30.4 Å². The van der Waals surface area contributed by atoms with Crippen LogP contribution in [0.25, 0.3) is 10.9 Å². The first kappa shape index (κ1) is 16.2. The van der Waals surface area contributed by atoms with Crippen molar-refractivity contribution in [3.63, 3.8) is 0 Å². The lowest BCUT2D eigenvalue weighted by molar-refractivity contribution is -0.384. The van der Waals surface area contributed by atoms with E-state index >= 15 is 0 Å². The number of nitro groups is 1. The van der Waals surface area contributed by atoms with Gasteiger partial charge in [-0.25, -0.2) is 13.1 Å². The first-order valence-electron chi connectivity index (χ1n) is 7.26. The average Bonchev–Trinajstić information content (AvgIpc) is 3.02. The summed E-state index contributed by atoms with van der Waals surface area (Å²) in [5, 5.41) is 11.7. The summed E-state index contributed by atoms with van der Waals surface area (Å²) in [5.74, 6) is 0. The quantitative estimate of drug-likeness (QED) is 0.529. The summed E-state index contributed by atoms with van der Waals surface area (Å²) in [6.07, 6.45) is 2.40. The molecule has 0 unspecified atom stereocenters. The highest BCUT2D eigenvalue weighted by molar-refractivity contribution is 7.89. The molecule has 1 heterocycles. The molecule has 0 saturated heterocycles. The van der Waals surface area contributed by atoms with Crippen molar-refractivity contribution in [2.45, 2.75) is 11.3 Å². The zero-order chi connectivity index (χ0) is 17.2. The van der Waals surface area contributed by atoms with Gasteiger partial charge >= 0.3 is 0 Å². The smallest absolute Gasteiger partial charge is 0.269 e. The lowest BCUT2D eigenvalue weighted by atomic mass is 10.1. The molecular weight excluding hydrogens is 330 g/mol. The van der Waals surface area contributed by atoms with Crippen molar-refractivity contribution < 1.29 is 13.3 Å². The molecule has 0 bridgehead atoms. The number of hydrogen-bond acceptors (Lipinski definition) is 4. The van der Waals surface area contributed by atoms with Gasteiger partial charge in [0.25, 0.3) is 5.69 Å². The van der Waals surface area contributed by atoms with Crippen molar-refractivity contribution in [1.29, 1.82) is 0 Å². The summed E-state index contributed by atoms with van der Waals surface area (Å²) >= 11 is 0. The molecule has 24 heavy (non-hydrogen) atoms. The Morgan fingerprint density at radius 2 is 1.83 bits per heavy atom. The van der Waals surface area contributed by atoms with Gasteiger partial charge in [-0.3, -0.25) is 10.1 Å². The molecule has 0 amide bonds. The molecule has 0 atom stereocenters. The minimum Gasteiger partial charge on any atom is -0.361 e. The molecule has 3 aromatic rings. The molecular formula is C16H15N3O4S. The van der Waals surface area contributed by atoms with Crippen LogP contribution in [0, 0.1) is 10.1 Å². The van der Waals surface area contributed by atoms with Crippen molar-refractivity contribution in [3.05, 3.63) is 70.4 Å². The number of aromatic nitrogens is 1. The minimum atomic E-state index is -3.68. The van der Waals surface area contributed by atoms with Crippen molar-refractivity contribution in [1.82, 2.24) is 9.71 Å². The van der Waals surface area contributed by atoms with E-state index in [0.717, 1.165) is 16.5 Å². The van der Waals surface area contributed by atoms with Gasteiger partial charge < -0.3 is 4.98 Å². The van der Waals surface area contributed by atoms with Gasteiger partial charge in [0.05, 0.1) is 9.82 Å². The second-order valence-electron chi connectivity index (χ2n) is 5.30. The highest BCUT2D eigenvalue weighted by Gasteiger charge is 2.15. The fourth-order valence-electron chi connectivity index (χ4n) is 2.41. The Morgan fingerprint density at radius 1 is 1.08 bits per heavy atom. The van der Waals surface area contributed by atoms with Gasteiger partial charge in [-0.15, -0.1) is 0 Å². The lowest BCUT2D eigenvalue weighted by Gasteiger charge is -2.07. The van der Waals surface area contributed by atoms with Gasteiger partial charge in [-0.2, -0.15) is 0 Å². The zero-order valence-corrected chi connectivity index (χ0v) is 13.4. The first-order chi connectivity index (χ1) is 11.5. The van der Waals surface area contributed by atoms with E-state index in [2.05, 4.69) is 9.71 Å². The number of hydrogen-bond donors (Lipinski definition) is 2. The van der Waals surface area contributed by atoms with E-state index in [4.69, 9.17) is 0 Å².